The smallest absolute Gasteiger partial charge is 0.131 e. The van der Waals surface area contributed by atoms with Crippen molar-refractivity contribution in [1.82, 2.24) is 4.98 Å². The zero-order valence-corrected chi connectivity index (χ0v) is 8.87. The topological polar surface area (TPSA) is 38.1 Å². The van der Waals surface area contributed by atoms with Crippen LogP contribution in [0.4, 0.5) is 5.69 Å². The number of furan rings is 1. The summed E-state index contributed by atoms with van der Waals surface area (Å²) in [7, 11) is 0. The summed E-state index contributed by atoms with van der Waals surface area (Å²) >= 11 is 5.75. The monoisotopic (exact) mass is 222 g/mol. The number of nitrogens with zero attached hydrogens (tertiary/aromatic N) is 1. The molecule has 0 radical (unpaired) electrons. The van der Waals surface area contributed by atoms with Crippen molar-refractivity contribution in [2.75, 3.05) is 11.9 Å². The van der Waals surface area contributed by atoms with Crippen LogP contribution in [0.3, 0.4) is 0 Å². The first-order chi connectivity index (χ1) is 7.34. The fourth-order valence-electron chi connectivity index (χ4n) is 1.30. The molecule has 0 spiro atoms. The average molecular weight is 223 g/mol. The predicted molar refractivity (Wildman–Crippen MR) is 60.1 cm³/mol. The van der Waals surface area contributed by atoms with E-state index in [-0.39, 0.29) is 0 Å². The molecule has 0 unspecified atom stereocenters. The van der Waals surface area contributed by atoms with E-state index in [1.807, 2.05) is 18.2 Å². The van der Waals surface area contributed by atoms with E-state index in [0.717, 1.165) is 24.4 Å². The van der Waals surface area contributed by atoms with Crippen molar-refractivity contribution in [2.45, 2.75) is 6.42 Å². The van der Waals surface area contributed by atoms with Gasteiger partial charge in [0.2, 0.25) is 0 Å². The van der Waals surface area contributed by atoms with Gasteiger partial charge in [0.15, 0.2) is 0 Å². The minimum absolute atomic E-state index is 0.498. The number of aromatic nitrogens is 1. The lowest BCUT2D eigenvalue weighted by atomic mass is 10.3. The third kappa shape index (κ3) is 2.99. The molecule has 0 aliphatic rings. The van der Waals surface area contributed by atoms with Gasteiger partial charge in [-0.3, -0.25) is 0 Å². The minimum Gasteiger partial charge on any atom is -0.469 e. The van der Waals surface area contributed by atoms with E-state index >= 15 is 0 Å². The highest BCUT2D eigenvalue weighted by atomic mass is 35.5. The Morgan fingerprint density at radius 2 is 2.33 bits per heavy atom. The van der Waals surface area contributed by atoms with Crippen molar-refractivity contribution in [3.8, 4) is 0 Å². The van der Waals surface area contributed by atoms with Crippen LogP contribution in [0.1, 0.15) is 5.76 Å². The fourth-order valence-corrected chi connectivity index (χ4v) is 1.47. The lowest BCUT2D eigenvalue weighted by molar-refractivity contribution is 0.513. The fraction of sp³-hybridized carbons (Fsp3) is 0.182. The van der Waals surface area contributed by atoms with Crippen LogP contribution in [0.15, 0.2) is 41.1 Å². The van der Waals surface area contributed by atoms with E-state index in [9.17, 15) is 0 Å². The third-order valence-electron chi connectivity index (χ3n) is 2.01. The van der Waals surface area contributed by atoms with Gasteiger partial charge < -0.3 is 9.73 Å². The maximum Gasteiger partial charge on any atom is 0.131 e. The highest BCUT2D eigenvalue weighted by molar-refractivity contribution is 6.29. The molecular formula is C11H11ClN2O. The number of nitrogens with one attached hydrogen (secondary N) is 1. The van der Waals surface area contributed by atoms with E-state index in [1.54, 1.807) is 18.5 Å². The maximum absolute atomic E-state index is 5.75. The molecule has 0 bridgehead atoms. The van der Waals surface area contributed by atoms with E-state index in [1.165, 1.54) is 0 Å². The van der Waals surface area contributed by atoms with E-state index in [0.29, 0.717) is 5.15 Å². The summed E-state index contributed by atoms with van der Waals surface area (Å²) in [5.74, 6) is 0.975. The van der Waals surface area contributed by atoms with Crippen molar-refractivity contribution in [1.29, 1.82) is 0 Å². The summed E-state index contributed by atoms with van der Waals surface area (Å²) in [5, 5.41) is 3.74. The molecule has 15 heavy (non-hydrogen) atoms. The third-order valence-corrected chi connectivity index (χ3v) is 2.21. The maximum atomic E-state index is 5.75. The van der Waals surface area contributed by atoms with Crippen LogP contribution in [0.2, 0.25) is 5.15 Å². The Balaban J connectivity index is 1.83. The molecule has 0 atom stereocenters. The lowest BCUT2D eigenvalue weighted by Crippen LogP contribution is -2.04. The van der Waals surface area contributed by atoms with E-state index < -0.39 is 0 Å². The van der Waals surface area contributed by atoms with Crippen LogP contribution in [0.25, 0.3) is 0 Å². The number of pyridine rings is 1. The highest BCUT2D eigenvalue weighted by Gasteiger charge is 1.96. The molecule has 0 aliphatic carbocycles. The van der Waals surface area contributed by atoms with Gasteiger partial charge in [-0.25, -0.2) is 4.98 Å². The van der Waals surface area contributed by atoms with Gasteiger partial charge in [0, 0.05) is 24.8 Å². The van der Waals surface area contributed by atoms with E-state index in [2.05, 4.69) is 10.3 Å². The van der Waals surface area contributed by atoms with Crippen LogP contribution in [0, 0.1) is 0 Å². The quantitative estimate of drug-likeness (QED) is 0.809. The molecule has 2 aromatic heterocycles. The molecule has 2 rings (SSSR count). The summed E-state index contributed by atoms with van der Waals surface area (Å²) in [4.78, 5) is 3.90. The second-order valence-electron chi connectivity index (χ2n) is 3.12. The average Bonchev–Trinajstić information content (AvgIpc) is 2.71. The van der Waals surface area contributed by atoms with Crippen molar-refractivity contribution in [3.05, 3.63) is 47.6 Å². The summed E-state index contributed by atoms with van der Waals surface area (Å²) < 4.78 is 5.22. The first kappa shape index (κ1) is 10.1. The van der Waals surface area contributed by atoms with Crippen molar-refractivity contribution < 1.29 is 4.42 Å². The Labute approximate surface area is 93.1 Å². The molecule has 0 saturated carbocycles. The molecule has 2 aromatic rings. The van der Waals surface area contributed by atoms with Crippen LogP contribution in [-0.4, -0.2) is 11.5 Å². The Morgan fingerprint density at radius 1 is 1.40 bits per heavy atom. The van der Waals surface area contributed by atoms with Gasteiger partial charge in [-0.15, -0.1) is 0 Å². The van der Waals surface area contributed by atoms with Gasteiger partial charge >= 0.3 is 0 Å². The predicted octanol–water partition coefficient (Wildman–Crippen LogP) is 2.98. The van der Waals surface area contributed by atoms with Crippen LogP contribution in [0.5, 0.6) is 0 Å². The molecule has 0 fully saturated rings. The standard InChI is InChI=1S/C11H11ClN2O/c12-11-8-9(3-5-14-11)13-6-4-10-2-1-7-15-10/h1-3,5,7-8H,4,6H2,(H,13,14). The first-order valence-corrected chi connectivity index (χ1v) is 5.10. The van der Waals surface area contributed by atoms with Crippen molar-refractivity contribution in [3.63, 3.8) is 0 Å². The van der Waals surface area contributed by atoms with Gasteiger partial charge in [0.05, 0.1) is 6.26 Å². The van der Waals surface area contributed by atoms with Crippen LogP contribution < -0.4 is 5.32 Å². The summed E-state index contributed by atoms with van der Waals surface area (Å²) in [6, 6.07) is 7.53. The van der Waals surface area contributed by atoms with Crippen LogP contribution >= 0.6 is 11.6 Å². The van der Waals surface area contributed by atoms with Gasteiger partial charge in [-0.05, 0) is 24.3 Å². The molecule has 1 N–H and O–H groups in total. The second kappa shape index (κ2) is 4.84. The number of hydrogen-bond donors (Lipinski definition) is 1. The van der Waals surface area contributed by atoms with E-state index in [4.69, 9.17) is 16.0 Å². The normalized spacial score (nSPS) is 10.2. The molecule has 78 valence electrons. The van der Waals surface area contributed by atoms with Crippen molar-refractivity contribution in [2.24, 2.45) is 0 Å². The Kier molecular flexibility index (Phi) is 3.25. The largest absolute Gasteiger partial charge is 0.469 e. The molecule has 4 heteroatoms. The SMILES string of the molecule is Clc1cc(NCCc2ccco2)ccn1. The number of halogens is 1. The Morgan fingerprint density at radius 3 is 3.07 bits per heavy atom. The molecule has 0 aliphatic heterocycles. The number of anilines is 1. The molecular weight excluding hydrogens is 212 g/mol. The molecule has 3 nitrogen and oxygen atoms in total. The second-order valence-corrected chi connectivity index (χ2v) is 3.51. The van der Waals surface area contributed by atoms with Crippen LogP contribution in [-0.2, 0) is 6.42 Å². The zero-order valence-electron chi connectivity index (χ0n) is 8.11. The Hall–Kier alpha value is -1.48. The van der Waals surface area contributed by atoms with Gasteiger partial charge in [0.25, 0.3) is 0 Å². The minimum atomic E-state index is 0.498. The Bertz CT molecular complexity index is 414. The molecule has 0 saturated heterocycles. The van der Waals surface area contributed by atoms with Gasteiger partial charge in [-0.2, -0.15) is 0 Å². The molecule has 2 heterocycles. The van der Waals surface area contributed by atoms with Gasteiger partial charge in [-0.1, -0.05) is 11.6 Å². The number of rotatable bonds is 4. The summed E-state index contributed by atoms with van der Waals surface area (Å²) in [6.07, 6.45) is 4.21. The highest BCUT2D eigenvalue weighted by Crippen LogP contribution is 2.11. The van der Waals surface area contributed by atoms with Crippen molar-refractivity contribution >= 4 is 17.3 Å². The summed E-state index contributed by atoms with van der Waals surface area (Å²) in [5.41, 5.74) is 0.974. The van der Waals surface area contributed by atoms with Gasteiger partial charge in [0.1, 0.15) is 10.9 Å². The lowest BCUT2D eigenvalue weighted by Gasteiger charge is -2.04. The first-order valence-electron chi connectivity index (χ1n) is 4.72. The molecule has 0 aromatic carbocycles. The number of hydrogen-bond acceptors (Lipinski definition) is 3. The molecule has 0 amide bonds. The zero-order chi connectivity index (χ0) is 10.5. The summed E-state index contributed by atoms with van der Waals surface area (Å²) in [6.45, 7) is 0.813.